The van der Waals surface area contributed by atoms with E-state index in [1.54, 1.807) is 6.07 Å². The molecule has 0 amide bonds. The fourth-order valence-corrected chi connectivity index (χ4v) is 3.05. The molecule has 0 bridgehead atoms. The van der Waals surface area contributed by atoms with Crippen LogP contribution in [0.1, 0.15) is 43.1 Å². The molecule has 0 fully saturated rings. The van der Waals surface area contributed by atoms with Crippen molar-refractivity contribution in [3.8, 4) is 5.75 Å². The minimum Gasteiger partial charge on any atom is -0.478 e. The molecule has 1 N–H and O–H groups in total. The lowest BCUT2D eigenvalue weighted by molar-refractivity contribution is -0.152. The fourth-order valence-electron chi connectivity index (χ4n) is 2.32. The van der Waals surface area contributed by atoms with Crippen molar-refractivity contribution in [3.05, 3.63) is 27.2 Å². The second-order valence-electron chi connectivity index (χ2n) is 5.78. The van der Waals surface area contributed by atoms with Gasteiger partial charge in [-0.15, -0.1) is 11.6 Å². The molecular formula is C15H15Cl3O4. The highest BCUT2D eigenvalue weighted by atomic mass is 35.5. The van der Waals surface area contributed by atoms with E-state index in [0.29, 0.717) is 24.0 Å². The standard InChI is InChI=1S/C15H15Cl3O4/c1-4-15(18)6-7-5-8(22-14(2,3)13(20)21)10(16)11(17)9(7)12(15)19/h5H,4,6H2,1-3H3,(H,20,21). The summed E-state index contributed by atoms with van der Waals surface area (Å²) in [4.78, 5) is 22.6. The van der Waals surface area contributed by atoms with Crippen LogP contribution < -0.4 is 4.74 Å². The van der Waals surface area contributed by atoms with E-state index < -0.39 is 16.4 Å². The van der Waals surface area contributed by atoms with E-state index in [4.69, 9.17) is 44.6 Å². The maximum absolute atomic E-state index is 12.4. The van der Waals surface area contributed by atoms with Gasteiger partial charge in [-0.2, -0.15) is 0 Å². The van der Waals surface area contributed by atoms with Crippen molar-refractivity contribution in [2.75, 3.05) is 0 Å². The Hall–Kier alpha value is -0.970. The number of alkyl halides is 1. The maximum Gasteiger partial charge on any atom is 0.347 e. The summed E-state index contributed by atoms with van der Waals surface area (Å²) >= 11 is 18.7. The molecule has 0 radical (unpaired) electrons. The maximum atomic E-state index is 12.4. The van der Waals surface area contributed by atoms with E-state index in [-0.39, 0.29) is 21.6 Å². The van der Waals surface area contributed by atoms with Gasteiger partial charge in [-0.1, -0.05) is 30.1 Å². The Morgan fingerprint density at radius 1 is 1.41 bits per heavy atom. The van der Waals surface area contributed by atoms with Crippen LogP contribution in [0.25, 0.3) is 0 Å². The average molecular weight is 366 g/mol. The van der Waals surface area contributed by atoms with E-state index in [2.05, 4.69) is 0 Å². The molecule has 1 aliphatic rings. The molecule has 0 saturated carbocycles. The third-order valence-electron chi connectivity index (χ3n) is 3.80. The van der Waals surface area contributed by atoms with E-state index in [1.165, 1.54) is 13.8 Å². The summed E-state index contributed by atoms with van der Waals surface area (Å²) in [6.07, 6.45) is 0.757. The molecule has 22 heavy (non-hydrogen) atoms. The van der Waals surface area contributed by atoms with Crippen molar-refractivity contribution in [2.45, 2.75) is 44.1 Å². The van der Waals surface area contributed by atoms with E-state index in [1.807, 2.05) is 6.92 Å². The number of rotatable bonds is 4. The lowest BCUT2D eigenvalue weighted by Crippen LogP contribution is -2.38. The number of halogens is 3. The fraction of sp³-hybridized carbons (Fsp3) is 0.467. The van der Waals surface area contributed by atoms with Gasteiger partial charge in [0.15, 0.2) is 11.4 Å². The van der Waals surface area contributed by atoms with Gasteiger partial charge in [0.1, 0.15) is 15.6 Å². The van der Waals surface area contributed by atoms with Crippen LogP contribution >= 0.6 is 34.8 Å². The zero-order chi connectivity index (χ0) is 16.9. The SMILES string of the molecule is CCC1(Cl)Cc2cc(OC(C)(C)C(=O)O)c(Cl)c(Cl)c2C1=O. The molecule has 4 nitrogen and oxygen atoms in total. The number of aliphatic carboxylic acids is 1. The van der Waals surface area contributed by atoms with E-state index in [0.717, 1.165) is 0 Å². The molecule has 1 aliphatic carbocycles. The smallest absolute Gasteiger partial charge is 0.347 e. The zero-order valence-electron chi connectivity index (χ0n) is 12.3. The van der Waals surface area contributed by atoms with Gasteiger partial charge in [-0.25, -0.2) is 4.79 Å². The first-order valence-electron chi connectivity index (χ1n) is 6.70. The molecule has 120 valence electrons. The quantitative estimate of drug-likeness (QED) is 0.805. The Kier molecular flexibility index (Phi) is 4.42. The second kappa shape index (κ2) is 5.59. The van der Waals surface area contributed by atoms with Crippen molar-refractivity contribution in [1.82, 2.24) is 0 Å². The highest BCUT2D eigenvalue weighted by Gasteiger charge is 2.45. The number of ketones is 1. The second-order valence-corrected chi connectivity index (χ2v) is 7.26. The molecule has 1 unspecified atom stereocenters. The van der Waals surface area contributed by atoms with Crippen LogP contribution in [-0.2, 0) is 11.2 Å². The summed E-state index contributed by atoms with van der Waals surface area (Å²) in [5, 5.41) is 9.21. The molecule has 0 heterocycles. The van der Waals surface area contributed by atoms with Crippen molar-refractivity contribution in [2.24, 2.45) is 0 Å². The minimum atomic E-state index is -1.48. The van der Waals surface area contributed by atoms with E-state index >= 15 is 0 Å². The first-order valence-corrected chi connectivity index (χ1v) is 7.84. The number of Topliss-reactive ketones (excluding diaryl/α,β-unsaturated/α-hetero) is 1. The topological polar surface area (TPSA) is 63.6 Å². The predicted octanol–water partition coefficient (Wildman–Crippen LogP) is 4.36. The van der Waals surface area contributed by atoms with Crippen LogP contribution in [0.15, 0.2) is 6.07 Å². The highest BCUT2D eigenvalue weighted by molar-refractivity contribution is 6.48. The predicted molar refractivity (Wildman–Crippen MR) is 85.7 cm³/mol. The van der Waals surface area contributed by atoms with Gasteiger partial charge in [0.05, 0.1) is 5.02 Å². The summed E-state index contributed by atoms with van der Waals surface area (Å²) in [7, 11) is 0. The van der Waals surface area contributed by atoms with Gasteiger partial charge in [0.2, 0.25) is 0 Å². The van der Waals surface area contributed by atoms with Gasteiger partial charge in [0, 0.05) is 5.56 Å². The van der Waals surface area contributed by atoms with Crippen LogP contribution in [-0.4, -0.2) is 27.3 Å². The molecule has 2 rings (SSSR count). The summed E-state index contributed by atoms with van der Waals surface area (Å²) in [5.41, 5.74) is -0.566. The number of carboxylic acid groups (broad SMARTS) is 1. The average Bonchev–Trinajstić information content (AvgIpc) is 2.68. The van der Waals surface area contributed by atoms with Gasteiger partial charge >= 0.3 is 5.97 Å². The summed E-state index contributed by atoms with van der Waals surface area (Å²) < 4.78 is 5.47. The summed E-state index contributed by atoms with van der Waals surface area (Å²) in [5.74, 6) is -1.28. The highest BCUT2D eigenvalue weighted by Crippen LogP contribution is 2.46. The Morgan fingerprint density at radius 2 is 2.00 bits per heavy atom. The monoisotopic (exact) mass is 364 g/mol. The van der Waals surface area contributed by atoms with Crippen LogP contribution in [0.3, 0.4) is 0 Å². The van der Waals surface area contributed by atoms with Gasteiger partial charge in [-0.05, 0) is 38.3 Å². The first kappa shape index (κ1) is 17.4. The zero-order valence-corrected chi connectivity index (χ0v) is 14.6. The molecule has 0 saturated heterocycles. The number of hydrogen-bond acceptors (Lipinski definition) is 3. The van der Waals surface area contributed by atoms with Crippen LogP contribution in [0.5, 0.6) is 5.75 Å². The molecule has 0 aromatic heterocycles. The number of ether oxygens (including phenoxy) is 1. The molecular weight excluding hydrogens is 351 g/mol. The van der Waals surface area contributed by atoms with Crippen molar-refractivity contribution >= 4 is 46.6 Å². The Labute approximate surface area is 143 Å². The lowest BCUT2D eigenvalue weighted by atomic mass is 10.0. The molecule has 1 aromatic rings. The summed E-state index contributed by atoms with van der Waals surface area (Å²) in [6.45, 7) is 4.61. The Morgan fingerprint density at radius 3 is 2.50 bits per heavy atom. The van der Waals surface area contributed by atoms with Crippen molar-refractivity contribution < 1.29 is 19.4 Å². The third kappa shape index (κ3) is 2.68. The van der Waals surface area contributed by atoms with Gasteiger partial charge in [-0.3, -0.25) is 4.79 Å². The van der Waals surface area contributed by atoms with E-state index in [9.17, 15) is 9.59 Å². The van der Waals surface area contributed by atoms with Gasteiger partial charge < -0.3 is 9.84 Å². The number of carbonyl (C=O) groups excluding carboxylic acids is 1. The molecule has 1 atom stereocenters. The normalized spacial score (nSPS) is 20.9. The first-order chi connectivity index (χ1) is 10.0. The largest absolute Gasteiger partial charge is 0.478 e. The van der Waals surface area contributed by atoms with Crippen LogP contribution in [0.4, 0.5) is 0 Å². The number of carboxylic acids is 1. The van der Waals surface area contributed by atoms with Crippen molar-refractivity contribution in [1.29, 1.82) is 0 Å². The number of fused-ring (bicyclic) bond motifs is 1. The Balaban J connectivity index is 2.52. The molecule has 7 heteroatoms. The van der Waals surface area contributed by atoms with Crippen LogP contribution in [0.2, 0.25) is 10.0 Å². The molecule has 0 spiro atoms. The molecule has 1 aromatic carbocycles. The Bertz CT molecular complexity index is 669. The van der Waals surface area contributed by atoms with Crippen LogP contribution in [0, 0.1) is 0 Å². The number of benzene rings is 1. The van der Waals surface area contributed by atoms with Crippen molar-refractivity contribution in [3.63, 3.8) is 0 Å². The third-order valence-corrected chi connectivity index (χ3v) is 5.22. The minimum absolute atomic E-state index is 0.0140. The lowest BCUT2D eigenvalue weighted by Gasteiger charge is -2.23. The summed E-state index contributed by atoms with van der Waals surface area (Å²) in [6, 6.07) is 1.55. The number of carbonyl (C=O) groups is 2. The van der Waals surface area contributed by atoms with Gasteiger partial charge in [0.25, 0.3) is 0 Å². The molecule has 0 aliphatic heterocycles. The number of hydrogen-bond donors (Lipinski definition) is 1.